The smallest absolute Gasteiger partial charge is 0.234 e. The first-order valence-electron chi connectivity index (χ1n) is 5.68. The van der Waals surface area contributed by atoms with Crippen LogP contribution in [0.2, 0.25) is 0 Å². The lowest BCUT2D eigenvalue weighted by Gasteiger charge is -2.09. The van der Waals surface area contributed by atoms with E-state index in [0.29, 0.717) is 5.69 Å². The normalized spacial score (nSPS) is 10.7. The Morgan fingerprint density at radius 1 is 1.42 bits per heavy atom. The number of benzene rings is 1. The van der Waals surface area contributed by atoms with E-state index >= 15 is 0 Å². The Hall–Kier alpha value is -1.55. The van der Waals surface area contributed by atoms with Crippen molar-refractivity contribution in [3.63, 3.8) is 0 Å². The van der Waals surface area contributed by atoms with Crippen molar-refractivity contribution >= 4 is 15.7 Å². The number of sulfonamides is 1. The Labute approximate surface area is 113 Å². The van der Waals surface area contributed by atoms with Crippen molar-refractivity contribution in [2.75, 3.05) is 30.8 Å². The Balaban J connectivity index is 2.84. The van der Waals surface area contributed by atoms with Gasteiger partial charge < -0.3 is 9.84 Å². The molecule has 1 aromatic rings. The Bertz CT molecular complexity index is 584. The maximum absolute atomic E-state index is 11.7. The molecule has 104 valence electrons. The SMILES string of the molecule is COCCS(=O)(=O)Nc1ccc(C#CCO)c(C)c1. The molecule has 0 saturated carbocycles. The molecule has 0 saturated heterocycles. The monoisotopic (exact) mass is 283 g/mol. The van der Waals surface area contributed by atoms with Crippen LogP contribution in [-0.2, 0) is 14.8 Å². The molecule has 5 nitrogen and oxygen atoms in total. The van der Waals surface area contributed by atoms with Gasteiger partial charge in [-0.2, -0.15) is 0 Å². The number of aryl methyl sites for hydroxylation is 1. The number of rotatable bonds is 5. The zero-order valence-electron chi connectivity index (χ0n) is 10.9. The van der Waals surface area contributed by atoms with E-state index in [1.54, 1.807) is 18.2 Å². The van der Waals surface area contributed by atoms with Gasteiger partial charge in [0.25, 0.3) is 0 Å². The zero-order chi connectivity index (χ0) is 14.3. The molecule has 0 aliphatic carbocycles. The van der Waals surface area contributed by atoms with Crippen LogP contribution in [0.25, 0.3) is 0 Å². The fourth-order valence-electron chi connectivity index (χ4n) is 1.43. The molecular weight excluding hydrogens is 266 g/mol. The van der Waals surface area contributed by atoms with Crippen LogP contribution >= 0.6 is 0 Å². The van der Waals surface area contributed by atoms with Crippen LogP contribution in [-0.4, -0.2) is 39.6 Å². The third kappa shape index (κ3) is 5.30. The number of anilines is 1. The summed E-state index contributed by atoms with van der Waals surface area (Å²) in [6.07, 6.45) is 0. The first-order valence-corrected chi connectivity index (χ1v) is 7.33. The lowest BCUT2D eigenvalue weighted by molar-refractivity contribution is 0.217. The van der Waals surface area contributed by atoms with E-state index < -0.39 is 10.0 Å². The maximum atomic E-state index is 11.7. The molecule has 0 unspecified atom stereocenters. The van der Waals surface area contributed by atoms with E-state index in [9.17, 15) is 8.42 Å². The highest BCUT2D eigenvalue weighted by Crippen LogP contribution is 2.15. The van der Waals surface area contributed by atoms with Crippen LogP contribution in [0, 0.1) is 18.8 Å². The predicted octanol–water partition coefficient (Wildman–Crippen LogP) is 0.727. The van der Waals surface area contributed by atoms with Crippen LogP contribution in [0.3, 0.4) is 0 Å². The summed E-state index contributed by atoms with van der Waals surface area (Å²) in [6.45, 7) is 1.77. The molecule has 0 bridgehead atoms. The Morgan fingerprint density at radius 2 is 2.16 bits per heavy atom. The summed E-state index contributed by atoms with van der Waals surface area (Å²) in [6, 6.07) is 5.05. The topological polar surface area (TPSA) is 75.6 Å². The second-order valence-electron chi connectivity index (χ2n) is 3.90. The van der Waals surface area contributed by atoms with Gasteiger partial charge in [0.1, 0.15) is 6.61 Å². The van der Waals surface area contributed by atoms with Crippen LogP contribution in [0.5, 0.6) is 0 Å². The van der Waals surface area contributed by atoms with E-state index in [-0.39, 0.29) is 19.0 Å². The first-order chi connectivity index (χ1) is 8.98. The third-order valence-electron chi connectivity index (χ3n) is 2.36. The molecule has 0 aliphatic rings. The number of hydrogen-bond donors (Lipinski definition) is 2. The van der Waals surface area contributed by atoms with E-state index in [4.69, 9.17) is 9.84 Å². The molecule has 1 aromatic carbocycles. The number of methoxy groups -OCH3 is 1. The second-order valence-corrected chi connectivity index (χ2v) is 5.75. The second kappa shape index (κ2) is 7.14. The number of hydrogen-bond acceptors (Lipinski definition) is 4. The molecule has 0 aromatic heterocycles. The first kappa shape index (κ1) is 15.5. The average Bonchev–Trinajstić information content (AvgIpc) is 2.35. The van der Waals surface area contributed by atoms with Crippen molar-refractivity contribution < 1.29 is 18.3 Å². The molecule has 1 rings (SSSR count). The van der Waals surface area contributed by atoms with Gasteiger partial charge in [-0.15, -0.1) is 0 Å². The summed E-state index contributed by atoms with van der Waals surface area (Å²) in [5.41, 5.74) is 2.09. The van der Waals surface area contributed by atoms with Gasteiger partial charge in [-0.3, -0.25) is 4.72 Å². The van der Waals surface area contributed by atoms with Crippen molar-refractivity contribution in [3.05, 3.63) is 29.3 Å². The minimum atomic E-state index is -3.39. The fourth-order valence-corrected chi connectivity index (χ4v) is 2.40. The fraction of sp³-hybridized carbons (Fsp3) is 0.385. The predicted molar refractivity (Wildman–Crippen MR) is 74.4 cm³/mol. The standard InChI is InChI=1S/C13H17NO4S/c1-11-10-13(6-5-12(11)4-3-7-15)14-19(16,17)9-8-18-2/h5-6,10,14-15H,7-9H2,1-2H3. The zero-order valence-corrected chi connectivity index (χ0v) is 11.8. The van der Waals surface area contributed by atoms with Gasteiger partial charge in [0, 0.05) is 18.4 Å². The Kier molecular flexibility index (Phi) is 5.83. The van der Waals surface area contributed by atoms with Crippen molar-refractivity contribution in [1.82, 2.24) is 0 Å². The maximum Gasteiger partial charge on any atom is 0.234 e. The van der Waals surface area contributed by atoms with E-state index in [0.717, 1.165) is 11.1 Å². The van der Waals surface area contributed by atoms with Crippen molar-refractivity contribution in [1.29, 1.82) is 0 Å². The molecule has 6 heteroatoms. The highest BCUT2D eigenvalue weighted by Gasteiger charge is 2.10. The molecule has 0 aliphatic heterocycles. The van der Waals surface area contributed by atoms with Gasteiger partial charge in [-0.05, 0) is 30.7 Å². The summed E-state index contributed by atoms with van der Waals surface area (Å²) in [4.78, 5) is 0. The minimum Gasteiger partial charge on any atom is -0.384 e. The van der Waals surface area contributed by atoms with Gasteiger partial charge in [-0.25, -0.2) is 8.42 Å². The Morgan fingerprint density at radius 3 is 2.74 bits per heavy atom. The van der Waals surface area contributed by atoms with Gasteiger partial charge >= 0.3 is 0 Å². The molecule has 2 N–H and O–H groups in total. The largest absolute Gasteiger partial charge is 0.384 e. The van der Waals surface area contributed by atoms with Crippen LogP contribution < -0.4 is 4.72 Å². The van der Waals surface area contributed by atoms with Gasteiger partial charge in [0.05, 0.1) is 12.4 Å². The molecule has 0 fully saturated rings. The molecule has 0 spiro atoms. The van der Waals surface area contributed by atoms with E-state index in [1.165, 1.54) is 7.11 Å². The van der Waals surface area contributed by atoms with E-state index in [1.807, 2.05) is 6.92 Å². The molecule has 0 heterocycles. The number of ether oxygens (including phenoxy) is 1. The summed E-state index contributed by atoms with van der Waals surface area (Å²) in [5.74, 6) is 5.25. The summed E-state index contributed by atoms with van der Waals surface area (Å²) < 4.78 is 30.6. The van der Waals surface area contributed by atoms with Crippen LogP contribution in [0.1, 0.15) is 11.1 Å². The number of nitrogens with one attached hydrogen (secondary N) is 1. The molecule has 0 atom stereocenters. The number of aliphatic hydroxyl groups is 1. The average molecular weight is 283 g/mol. The van der Waals surface area contributed by atoms with Gasteiger partial charge in [0.2, 0.25) is 10.0 Å². The van der Waals surface area contributed by atoms with E-state index in [2.05, 4.69) is 16.6 Å². The molecule has 19 heavy (non-hydrogen) atoms. The number of aliphatic hydroxyl groups excluding tert-OH is 1. The van der Waals surface area contributed by atoms with Gasteiger partial charge in [-0.1, -0.05) is 11.8 Å². The third-order valence-corrected chi connectivity index (χ3v) is 3.61. The van der Waals surface area contributed by atoms with Crippen LogP contribution in [0.4, 0.5) is 5.69 Å². The highest BCUT2D eigenvalue weighted by atomic mass is 32.2. The molecular formula is C13H17NO4S. The highest BCUT2D eigenvalue weighted by molar-refractivity contribution is 7.92. The van der Waals surface area contributed by atoms with Gasteiger partial charge in [0.15, 0.2) is 0 Å². The lowest BCUT2D eigenvalue weighted by Crippen LogP contribution is -2.19. The molecule has 0 radical (unpaired) electrons. The van der Waals surface area contributed by atoms with Crippen molar-refractivity contribution in [2.45, 2.75) is 6.92 Å². The minimum absolute atomic E-state index is 0.0887. The van der Waals surface area contributed by atoms with Crippen LogP contribution in [0.15, 0.2) is 18.2 Å². The summed E-state index contributed by atoms with van der Waals surface area (Å²) >= 11 is 0. The lowest BCUT2D eigenvalue weighted by atomic mass is 10.1. The van der Waals surface area contributed by atoms with Crippen molar-refractivity contribution in [3.8, 4) is 11.8 Å². The molecule has 0 amide bonds. The quantitative estimate of drug-likeness (QED) is 0.781. The van der Waals surface area contributed by atoms with Crippen molar-refractivity contribution in [2.24, 2.45) is 0 Å². The summed E-state index contributed by atoms with van der Waals surface area (Å²) in [7, 11) is -1.94. The summed E-state index contributed by atoms with van der Waals surface area (Å²) in [5, 5.41) is 8.63.